The Morgan fingerprint density at radius 2 is 1.68 bits per heavy atom. The highest BCUT2D eigenvalue weighted by Crippen LogP contribution is 2.52. The van der Waals surface area contributed by atoms with Crippen molar-refractivity contribution in [3.63, 3.8) is 0 Å². The number of hydrogen-bond donors (Lipinski definition) is 0. The highest BCUT2D eigenvalue weighted by molar-refractivity contribution is 6.24. The Hall–Kier alpha value is -4.08. The van der Waals surface area contributed by atoms with Gasteiger partial charge in [0.2, 0.25) is 11.8 Å². The predicted molar refractivity (Wildman–Crippen MR) is 121 cm³/mol. The van der Waals surface area contributed by atoms with E-state index in [0.717, 1.165) is 16.0 Å². The maximum atomic E-state index is 13.7. The van der Waals surface area contributed by atoms with Gasteiger partial charge in [-0.15, -0.1) is 0 Å². The summed E-state index contributed by atoms with van der Waals surface area (Å²) >= 11 is 0. The molecule has 2 aromatic rings. The lowest BCUT2D eigenvalue weighted by molar-refractivity contribution is -0.384. The normalized spacial score (nSPS) is 25.1. The summed E-state index contributed by atoms with van der Waals surface area (Å²) in [6.45, 7) is 5.19. The van der Waals surface area contributed by atoms with E-state index in [0.29, 0.717) is 0 Å². The molecule has 0 bridgehead atoms. The number of benzene rings is 2. The van der Waals surface area contributed by atoms with Gasteiger partial charge < -0.3 is 4.74 Å². The van der Waals surface area contributed by atoms with Crippen LogP contribution in [-0.2, 0) is 19.1 Å². The number of imide groups is 1. The summed E-state index contributed by atoms with van der Waals surface area (Å²) in [5.74, 6) is -3.53. The maximum Gasteiger partial charge on any atom is 0.331 e. The molecule has 0 aromatic heterocycles. The molecule has 34 heavy (non-hydrogen) atoms. The number of nitro groups is 1. The van der Waals surface area contributed by atoms with E-state index in [1.54, 1.807) is 27.0 Å². The quantitative estimate of drug-likeness (QED) is 0.297. The third kappa shape index (κ3) is 3.25. The molecule has 2 saturated heterocycles. The van der Waals surface area contributed by atoms with Crippen molar-refractivity contribution in [2.24, 2.45) is 16.9 Å². The van der Waals surface area contributed by atoms with E-state index in [1.165, 1.54) is 29.3 Å². The Morgan fingerprint density at radius 3 is 2.32 bits per heavy atom. The van der Waals surface area contributed by atoms with Gasteiger partial charge in [-0.1, -0.05) is 24.3 Å². The number of ether oxygens (including phenoxy) is 1. The minimum atomic E-state index is -1.08. The highest BCUT2D eigenvalue weighted by Gasteiger charge is 2.66. The lowest BCUT2D eigenvalue weighted by atomic mass is 9.85. The van der Waals surface area contributed by atoms with Gasteiger partial charge in [0.15, 0.2) is 6.04 Å². The van der Waals surface area contributed by atoms with Gasteiger partial charge in [0.25, 0.3) is 5.69 Å². The number of nitrogens with zero attached hydrogens (tertiary/aromatic N) is 4. The van der Waals surface area contributed by atoms with Crippen molar-refractivity contribution in [3.8, 4) is 0 Å². The average molecular weight is 462 g/mol. The van der Waals surface area contributed by atoms with Crippen molar-refractivity contribution >= 4 is 35.4 Å². The molecule has 174 valence electrons. The third-order valence-corrected chi connectivity index (χ3v) is 6.26. The van der Waals surface area contributed by atoms with Crippen LogP contribution in [0.1, 0.15) is 37.9 Å². The monoisotopic (exact) mass is 462 g/mol. The fourth-order valence-corrected chi connectivity index (χ4v) is 4.98. The molecule has 0 radical (unpaired) electrons. The maximum absolute atomic E-state index is 13.7. The summed E-state index contributed by atoms with van der Waals surface area (Å²) in [6, 6.07) is 10.9. The molecule has 3 aliphatic rings. The first kappa shape index (κ1) is 21.7. The third-order valence-electron chi connectivity index (χ3n) is 6.26. The molecule has 4 atom stereocenters. The second-order valence-corrected chi connectivity index (χ2v) is 9.51. The van der Waals surface area contributed by atoms with Crippen LogP contribution in [0.4, 0.5) is 11.4 Å². The number of anilines is 1. The molecule has 3 aliphatic heterocycles. The largest absolute Gasteiger partial charge is 0.458 e. The Balaban J connectivity index is 1.60. The number of hydrogen-bond acceptors (Lipinski definition) is 8. The molecule has 0 saturated carbocycles. The lowest BCUT2D eigenvalue weighted by Gasteiger charge is -2.34. The molecule has 2 fully saturated rings. The zero-order chi connectivity index (χ0) is 24.4. The molecule has 2 aromatic carbocycles. The zero-order valence-electron chi connectivity index (χ0n) is 18.7. The van der Waals surface area contributed by atoms with Crippen LogP contribution in [0.3, 0.4) is 0 Å². The molecule has 10 nitrogen and oxygen atoms in total. The van der Waals surface area contributed by atoms with Crippen LogP contribution in [0, 0.1) is 22.0 Å². The number of nitro benzene ring substituents is 1. The van der Waals surface area contributed by atoms with E-state index in [2.05, 4.69) is 5.10 Å². The second kappa shape index (κ2) is 7.47. The number of fused-ring (bicyclic) bond motifs is 5. The molecule has 5 rings (SSSR count). The molecule has 2 amide bonds. The van der Waals surface area contributed by atoms with Crippen molar-refractivity contribution in [3.05, 3.63) is 69.8 Å². The first-order valence-electron chi connectivity index (χ1n) is 10.8. The van der Waals surface area contributed by atoms with Crippen molar-refractivity contribution < 1.29 is 24.0 Å². The highest BCUT2D eigenvalue weighted by atomic mass is 16.6. The summed E-state index contributed by atoms with van der Waals surface area (Å²) in [6.07, 6.45) is 1.62. The smallest absolute Gasteiger partial charge is 0.331 e. The molecule has 0 spiro atoms. The van der Waals surface area contributed by atoms with Gasteiger partial charge >= 0.3 is 5.97 Å². The average Bonchev–Trinajstić information content (AvgIpc) is 3.25. The van der Waals surface area contributed by atoms with Gasteiger partial charge in [-0.3, -0.25) is 24.7 Å². The molecule has 0 aliphatic carbocycles. The molecule has 10 heteroatoms. The fraction of sp³-hybridized carbons (Fsp3) is 0.333. The van der Waals surface area contributed by atoms with Crippen LogP contribution in [0.25, 0.3) is 0 Å². The van der Waals surface area contributed by atoms with Crippen LogP contribution in [0.2, 0.25) is 0 Å². The van der Waals surface area contributed by atoms with Crippen molar-refractivity contribution in [2.75, 3.05) is 4.90 Å². The van der Waals surface area contributed by atoms with Crippen LogP contribution in [0.15, 0.2) is 53.6 Å². The summed E-state index contributed by atoms with van der Waals surface area (Å²) < 4.78 is 5.62. The molecule has 3 heterocycles. The summed E-state index contributed by atoms with van der Waals surface area (Å²) in [5.41, 5.74) is 0.867. The molecular weight excluding hydrogens is 440 g/mol. The number of non-ortho nitro benzene ring substituents is 1. The topological polar surface area (TPSA) is 122 Å². The standard InChI is InChI=1S/C24H22N4O6/c1-24(2,3)34-23(31)20-18-17(19-16-7-5-4-6-13(16)12-25-27(19)20)21(29)26(22(18)30)14-8-10-15(11-9-14)28(32)33/h4-12,17-20H,1-3H3/t17-,18+,19+,20+/m0/s1. The van der Waals surface area contributed by atoms with E-state index in [9.17, 15) is 24.5 Å². The molecule has 0 unspecified atom stereocenters. The second-order valence-electron chi connectivity index (χ2n) is 9.51. The van der Waals surface area contributed by atoms with E-state index >= 15 is 0 Å². The number of carbonyl (C=O) groups excluding carboxylic acids is 3. The summed E-state index contributed by atoms with van der Waals surface area (Å²) in [5, 5.41) is 17.0. The van der Waals surface area contributed by atoms with Crippen molar-refractivity contribution in [1.29, 1.82) is 0 Å². The number of carbonyl (C=O) groups is 3. The Bertz CT molecular complexity index is 1250. The molecule has 0 N–H and O–H groups in total. The number of hydrazone groups is 1. The predicted octanol–water partition coefficient (Wildman–Crippen LogP) is 2.82. The molecular formula is C24H22N4O6. The fourth-order valence-electron chi connectivity index (χ4n) is 4.98. The first-order valence-corrected chi connectivity index (χ1v) is 10.8. The van der Waals surface area contributed by atoms with E-state index in [1.807, 2.05) is 24.3 Å². The van der Waals surface area contributed by atoms with Gasteiger partial charge in [0.1, 0.15) is 5.60 Å². The van der Waals surface area contributed by atoms with Crippen LogP contribution in [0.5, 0.6) is 0 Å². The van der Waals surface area contributed by atoms with Gasteiger partial charge in [0.05, 0.1) is 34.7 Å². The van der Waals surface area contributed by atoms with Crippen LogP contribution < -0.4 is 4.90 Å². The minimum absolute atomic E-state index is 0.156. The Morgan fingerprint density at radius 1 is 1.03 bits per heavy atom. The van der Waals surface area contributed by atoms with Gasteiger partial charge in [-0.05, 0) is 44.0 Å². The number of rotatable bonds is 3. The first-order chi connectivity index (χ1) is 16.1. The van der Waals surface area contributed by atoms with Gasteiger partial charge in [-0.2, -0.15) is 5.10 Å². The Labute approximate surface area is 194 Å². The van der Waals surface area contributed by atoms with Crippen molar-refractivity contribution in [2.45, 2.75) is 38.5 Å². The zero-order valence-corrected chi connectivity index (χ0v) is 18.7. The lowest BCUT2D eigenvalue weighted by Crippen LogP contribution is -2.46. The SMILES string of the molecule is CC(C)(C)OC(=O)[C@H]1[C@@H]2C(=O)N(c3ccc([N+](=O)[O-])cc3)C(=O)[C@@H]2[C@H]2c3ccccc3C=NN21. The van der Waals surface area contributed by atoms with Gasteiger partial charge in [0, 0.05) is 12.1 Å². The number of amides is 2. The van der Waals surface area contributed by atoms with Crippen molar-refractivity contribution in [1.82, 2.24) is 5.01 Å². The van der Waals surface area contributed by atoms with E-state index in [-0.39, 0.29) is 11.4 Å². The summed E-state index contributed by atoms with van der Waals surface area (Å²) in [4.78, 5) is 52.1. The van der Waals surface area contributed by atoms with Crippen LogP contribution in [-0.4, -0.2) is 45.6 Å². The summed E-state index contributed by atoms with van der Waals surface area (Å²) in [7, 11) is 0. The number of esters is 1. The van der Waals surface area contributed by atoms with Crippen LogP contribution >= 0.6 is 0 Å². The van der Waals surface area contributed by atoms with E-state index in [4.69, 9.17) is 4.74 Å². The minimum Gasteiger partial charge on any atom is -0.458 e. The van der Waals surface area contributed by atoms with E-state index < -0.39 is 52.2 Å². The van der Waals surface area contributed by atoms with Gasteiger partial charge in [-0.25, -0.2) is 9.69 Å². The Kier molecular flexibility index (Phi) is 4.78.